The van der Waals surface area contributed by atoms with Crippen LogP contribution in [-0.4, -0.2) is 41.9 Å². The van der Waals surface area contributed by atoms with Crippen molar-refractivity contribution < 1.29 is 22.7 Å². The average Bonchev–Trinajstić information content (AvgIpc) is 3.16. The van der Waals surface area contributed by atoms with Crippen LogP contribution in [0.4, 0.5) is 0 Å². The van der Waals surface area contributed by atoms with E-state index in [2.05, 4.69) is 10.4 Å². The minimum Gasteiger partial charge on any atom is -0.462 e. The van der Waals surface area contributed by atoms with Gasteiger partial charge in [-0.15, -0.1) is 0 Å². The van der Waals surface area contributed by atoms with Gasteiger partial charge in [0.15, 0.2) is 15.6 Å². The summed E-state index contributed by atoms with van der Waals surface area (Å²) < 4.78 is 31.3. The highest BCUT2D eigenvalue weighted by Gasteiger charge is 2.22. The van der Waals surface area contributed by atoms with E-state index in [1.54, 1.807) is 64.2 Å². The summed E-state index contributed by atoms with van der Waals surface area (Å²) in [6, 6.07) is 12.3. The quantitative estimate of drug-likeness (QED) is 0.420. The third kappa shape index (κ3) is 6.62. The average molecular weight is 538 g/mol. The van der Waals surface area contributed by atoms with Gasteiger partial charge in [0.05, 0.1) is 32.8 Å². The second-order valence-electron chi connectivity index (χ2n) is 8.23. The van der Waals surface area contributed by atoms with Gasteiger partial charge < -0.3 is 10.1 Å². The van der Waals surface area contributed by atoms with Gasteiger partial charge in [-0.05, 0) is 56.7 Å². The molecule has 0 radical (unpaired) electrons. The van der Waals surface area contributed by atoms with Crippen LogP contribution in [0.5, 0.6) is 0 Å². The summed E-state index contributed by atoms with van der Waals surface area (Å²) in [7, 11) is -2.18. The first-order chi connectivity index (χ1) is 16.4. The monoisotopic (exact) mass is 537 g/mol. The Kier molecular flexibility index (Phi) is 8.25. The lowest BCUT2D eigenvalue weighted by molar-refractivity contribution is -0.144. The molecule has 0 fully saturated rings. The number of halogens is 2. The van der Waals surface area contributed by atoms with Crippen LogP contribution in [0, 0.1) is 0 Å². The number of benzene rings is 2. The third-order valence-electron chi connectivity index (χ3n) is 5.09. The molecule has 1 heterocycles. The number of esters is 1. The standard InChI is InChI=1S/C24H25Cl2N3O5S/c1-14(2)34-23(30)13-35(32,33)18-8-5-16(6-9-18)15(3)27-24(31)22-12-21(28-29(22)4)17-7-10-19(25)20(26)11-17/h5-12,14-15H,13H2,1-4H3,(H,27,31). The number of ether oxygens (including phenoxy) is 1. The van der Waals surface area contributed by atoms with Crippen LogP contribution in [0.25, 0.3) is 11.3 Å². The third-order valence-corrected chi connectivity index (χ3v) is 7.43. The van der Waals surface area contributed by atoms with Gasteiger partial charge in [0, 0.05) is 12.6 Å². The number of aryl methyl sites for hydroxylation is 1. The van der Waals surface area contributed by atoms with Crippen LogP contribution in [0.1, 0.15) is 42.9 Å². The fourth-order valence-electron chi connectivity index (χ4n) is 3.33. The van der Waals surface area contributed by atoms with E-state index in [1.807, 2.05) is 0 Å². The normalized spacial score (nSPS) is 12.4. The first-order valence-corrected chi connectivity index (χ1v) is 13.1. The Hall–Kier alpha value is -2.88. The molecule has 3 aromatic rings. The molecule has 35 heavy (non-hydrogen) atoms. The van der Waals surface area contributed by atoms with E-state index in [1.165, 1.54) is 16.8 Å². The number of hydrogen-bond acceptors (Lipinski definition) is 6. The van der Waals surface area contributed by atoms with Crippen LogP contribution < -0.4 is 5.32 Å². The summed E-state index contributed by atoms with van der Waals surface area (Å²) in [5.74, 6) is -1.90. The van der Waals surface area contributed by atoms with Gasteiger partial charge in [0.1, 0.15) is 5.69 Å². The van der Waals surface area contributed by atoms with Crippen LogP contribution >= 0.6 is 23.2 Å². The minimum absolute atomic E-state index is 0.00150. The summed E-state index contributed by atoms with van der Waals surface area (Å²) in [6.45, 7) is 5.07. The van der Waals surface area contributed by atoms with Crippen molar-refractivity contribution in [1.29, 1.82) is 0 Å². The number of nitrogens with zero attached hydrogens (tertiary/aromatic N) is 2. The van der Waals surface area contributed by atoms with Gasteiger partial charge in [0.2, 0.25) is 0 Å². The second kappa shape index (κ2) is 10.8. The van der Waals surface area contributed by atoms with Crippen molar-refractivity contribution in [3.05, 3.63) is 69.8 Å². The smallest absolute Gasteiger partial charge is 0.321 e. The molecule has 8 nitrogen and oxygen atoms in total. The molecule has 3 rings (SSSR count). The molecule has 0 aliphatic rings. The van der Waals surface area contributed by atoms with Crippen molar-refractivity contribution in [3.63, 3.8) is 0 Å². The van der Waals surface area contributed by atoms with Crippen LogP contribution in [0.15, 0.2) is 53.4 Å². The number of hydrogen-bond donors (Lipinski definition) is 1. The van der Waals surface area contributed by atoms with Crippen molar-refractivity contribution in [1.82, 2.24) is 15.1 Å². The molecule has 1 unspecified atom stereocenters. The fraction of sp³-hybridized carbons (Fsp3) is 0.292. The predicted molar refractivity (Wildman–Crippen MR) is 134 cm³/mol. The topological polar surface area (TPSA) is 107 Å². The maximum Gasteiger partial charge on any atom is 0.321 e. The molecule has 1 atom stereocenters. The number of amides is 1. The van der Waals surface area contributed by atoms with E-state index < -0.39 is 33.7 Å². The second-order valence-corrected chi connectivity index (χ2v) is 11.0. The summed E-state index contributed by atoms with van der Waals surface area (Å²) in [6.07, 6.45) is -0.399. The van der Waals surface area contributed by atoms with Crippen LogP contribution in [0.2, 0.25) is 10.0 Å². The molecular formula is C24H25Cl2N3O5S. The molecule has 0 saturated heterocycles. The Morgan fingerprint density at radius 1 is 1.03 bits per heavy atom. The molecule has 1 amide bonds. The number of carbonyl (C=O) groups is 2. The molecule has 2 aromatic carbocycles. The molecule has 0 bridgehead atoms. The van der Waals surface area contributed by atoms with Gasteiger partial charge in [-0.1, -0.05) is 41.4 Å². The summed E-state index contributed by atoms with van der Waals surface area (Å²) in [4.78, 5) is 24.6. The first kappa shape index (κ1) is 26.7. The highest BCUT2D eigenvalue weighted by molar-refractivity contribution is 7.92. The summed E-state index contributed by atoms with van der Waals surface area (Å²) in [5.41, 5.74) is 2.31. The van der Waals surface area contributed by atoms with E-state index in [0.717, 1.165) is 5.56 Å². The molecule has 1 aromatic heterocycles. The van der Waals surface area contributed by atoms with Gasteiger partial charge >= 0.3 is 5.97 Å². The first-order valence-electron chi connectivity index (χ1n) is 10.7. The Morgan fingerprint density at radius 3 is 2.29 bits per heavy atom. The van der Waals surface area contributed by atoms with Crippen LogP contribution in [-0.2, 0) is 26.4 Å². The molecule has 0 saturated carbocycles. The van der Waals surface area contributed by atoms with Gasteiger partial charge in [-0.3, -0.25) is 14.3 Å². The lowest BCUT2D eigenvalue weighted by Crippen LogP contribution is -2.28. The van der Waals surface area contributed by atoms with Gasteiger partial charge in [-0.2, -0.15) is 5.10 Å². The Balaban J connectivity index is 1.70. The largest absolute Gasteiger partial charge is 0.462 e. The lowest BCUT2D eigenvalue weighted by atomic mass is 10.1. The fourth-order valence-corrected chi connectivity index (χ4v) is 4.72. The van der Waals surface area contributed by atoms with Gasteiger partial charge in [0.25, 0.3) is 5.91 Å². The van der Waals surface area contributed by atoms with E-state index in [4.69, 9.17) is 27.9 Å². The number of sulfone groups is 1. The van der Waals surface area contributed by atoms with E-state index in [0.29, 0.717) is 27.0 Å². The predicted octanol–water partition coefficient (Wildman–Crippen LogP) is 4.61. The molecule has 0 aliphatic heterocycles. The van der Waals surface area contributed by atoms with E-state index in [9.17, 15) is 18.0 Å². The van der Waals surface area contributed by atoms with Gasteiger partial charge in [-0.25, -0.2) is 8.42 Å². The van der Waals surface area contributed by atoms with Crippen molar-refractivity contribution in [2.45, 2.75) is 37.8 Å². The zero-order valence-electron chi connectivity index (χ0n) is 19.6. The zero-order chi connectivity index (χ0) is 25.9. The lowest BCUT2D eigenvalue weighted by Gasteiger charge is -2.15. The van der Waals surface area contributed by atoms with E-state index in [-0.39, 0.29) is 10.8 Å². The Bertz CT molecular complexity index is 1350. The van der Waals surface area contributed by atoms with Crippen molar-refractivity contribution in [2.75, 3.05) is 5.75 Å². The highest BCUT2D eigenvalue weighted by Crippen LogP contribution is 2.28. The SMILES string of the molecule is CC(C)OC(=O)CS(=O)(=O)c1ccc(C(C)NC(=O)c2cc(-c3ccc(Cl)c(Cl)c3)nn2C)cc1. The Labute approximate surface area is 214 Å². The maximum atomic E-state index is 12.9. The molecule has 0 spiro atoms. The number of rotatable bonds is 8. The molecule has 11 heteroatoms. The van der Waals surface area contributed by atoms with Crippen LogP contribution in [0.3, 0.4) is 0 Å². The molecule has 186 valence electrons. The number of nitrogens with one attached hydrogen (secondary N) is 1. The summed E-state index contributed by atoms with van der Waals surface area (Å²) >= 11 is 12.1. The molecular weight excluding hydrogens is 513 g/mol. The Morgan fingerprint density at radius 2 is 1.69 bits per heavy atom. The molecule has 1 N–H and O–H groups in total. The summed E-state index contributed by atoms with van der Waals surface area (Å²) in [5, 5.41) is 8.07. The zero-order valence-corrected chi connectivity index (χ0v) is 21.9. The highest BCUT2D eigenvalue weighted by atomic mass is 35.5. The van der Waals surface area contributed by atoms with Crippen molar-refractivity contribution in [2.24, 2.45) is 7.05 Å². The van der Waals surface area contributed by atoms with E-state index >= 15 is 0 Å². The van der Waals surface area contributed by atoms with Crippen molar-refractivity contribution in [3.8, 4) is 11.3 Å². The number of carbonyl (C=O) groups excluding carboxylic acids is 2. The minimum atomic E-state index is -3.84. The molecule has 0 aliphatic carbocycles. The van der Waals surface area contributed by atoms with Crippen molar-refractivity contribution >= 4 is 44.9 Å². The number of aromatic nitrogens is 2. The maximum absolute atomic E-state index is 12.9.